The van der Waals surface area contributed by atoms with Gasteiger partial charge in [-0.3, -0.25) is 9.69 Å². The number of nitrogens with one attached hydrogen (secondary N) is 2. The van der Waals surface area contributed by atoms with Crippen molar-refractivity contribution in [2.45, 2.75) is 71.5 Å². The molecule has 0 spiro atoms. The normalized spacial score (nSPS) is 18.8. The van der Waals surface area contributed by atoms with Crippen LogP contribution >= 0.6 is 0 Å². The summed E-state index contributed by atoms with van der Waals surface area (Å²) in [6.45, 7) is 13.9. The smallest absolute Gasteiger partial charge is 0.221 e. The van der Waals surface area contributed by atoms with Crippen molar-refractivity contribution in [1.82, 2.24) is 15.5 Å². The van der Waals surface area contributed by atoms with Crippen molar-refractivity contribution in [1.29, 1.82) is 0 Å². The summed E-state index contributed by atoms with van der Waals surface area (Å²) in [4.78, 5) is 14.3. The Hall–Kier alpha value is -0.610. The Balaban J connectivity index is 2.20. The molecule has 1 saturated heterocycles. The van der Waals surface area contributed by atoms with E-state index >= 15 is 0 Å². The summed E-state index contributed by atoms with van der Waals surface area (Å²) in [5.41, 5.74) is 0.246. The maximum atomic E-state index is 11.8. The van der Waals surface area contributed by atoms with Crippen LogP contribution in [0.4, 0.5) is 0 Å². The van der Waals surface area contributed by atoms with Crippen LogP contribution < -0.4 is 10.6 Å². The van der Waals surface area contributed by atoms with E-state index in [2.05, 4.69) is 50.2 Å². The molecule has 1 heterocycles. The maximum Gasteiger partial charge on any atom is 0.221 e. The molecule has 0 bridgehead atoms. The molecule has 1 rings (SSSR count). The highest BCUT2D eigenvalue weighted by molar-refractivity contribution is 5.76. The third-order valence-electron chi connectivity index (χ3n) is 3.71. The monoisotopic (exact) mass is 269 g/mol. The molecule has 112 valence electrons. The molecule has 1 aliphatic heterocycles. The lowest BCUT2D eigenvalue weighted by molar-refractivity contribution is -0.122. The van der Waals surface area contributed by atoms with Crippen molar-refractivity contribution < 1.29 is 4.79 Å². The molecule has 4 nitrogen and oxygen atoms in total. The van der Waals surface area contributed by atoms with Crippen molar-refractivity contribution in [2.75, 3.05) is 19.6 Å². The Morgan fingerprint density at radius 1 is 1.26 bits per heavy atom. The van der Waals surface area contributed by atoms with Crippen molar-refractivity contribution in [2.24, 2.45) is 0 Å². The largest absolute Gasteiger partial charge is 0.353 e. The second kappa shape index (κ2) is 7.25. The van der Waals surface area contributed by atoms with Gasteiger partial charge in [0.05, 0.1) is 0 Å². The van der Waals surface area contributed by atoms with Crippen LogP contribution in [0.15, 0.2) is 0 Å². The molecule has 0 unspecified atom stereocenters. The number of nitrogens with zero attached hydrogens (tertiary/aromatic N) is 1. The van der Waals surface area contributed by atoms with Gasteiger partial charge < -0.3 is 10.6 Å². The van der Waals surface area contributed by atoms with Crippen molar-refractivity contribution in [3.05, 3.63) is 0 Å². The zero-order valence-corrected chi connectivity index (χ0v) is 13.3. The second-order valence-corrected chi connectivity index (χ2v) is 6.86. The summed E-state index contributed by atoms with van der Waals surface area (Å²) in [6, 6.07) is 0.813. The quantitative estimate of drug-likeness (QED) is 0.799. The molecule has 1 amide bonds. The van der Waals surface area contributed by atoms with Crippen LogP contribution in [-0.4, -0.2) is 48.1 Å². The van der Waals surface area contributed by atoms with Crippen LogP contribution in [0.25, 0.3) is 0 Å². The molecule has 1 fully saturated rings. The van der Waals surface area contributed by atoms with E-state index in [0.717, 1.165) is 32.5 Å². The van der Waals surface area contributed by atoms with E-state index in [1.54, 1.807) is 0 Å². The van der Waals surface area contributed by atoms with Gasteiger partial charge in [-0.05, 0) is 33.6 Å². The van der Waals surface area contributed by atoms with Gasteiger partial charge in [-0.15, -0.1) is 0 Å². The molecule has 0 aromatic rings. The van der Waals surface area contributed by atoms with E-state index in [0.29, 0.717) is 18.5 Å². The van der Waals surface area contributed by atoms with Gasteiger partial charge in [0.2, 0.25) is 5.91 Å². The summed E-state index contributed by atoms with van der Waals surface area (Å²) < 4.78 is 0. The van der Waals surface area contributed by atoms with Gasteiger partial charge in [0.25, 0.3) is 0 Å². The van der Waals surface area contributed by atoms with Gasteiger partial charge in [-0.2, -0.15) is 0 Å². The third-order valence-corrected chi connectivity index (χ3v) is 3.71. The first-order chi connectivity index (χ1) is 8.79. The van der Waals surface area contributed by atoms with Gasteiger partial charge in [0.15, 0.2) is 0 Å². The topological polar surface area (TPSA) is 44.4 Å². The van der Waals surface area contributed by atoms with Gasteiger partial charge >= 0.3 is 0 Å². The SMILES string of the molecule is CC(C)NCCC(=O)NC1CCN(C(C)(C)C)CC1. The summed E-state index contributed by atoms with van der Waals surface area (Å²) in [7, 11) is 0. The van der Waals surface area contributed by atoms with Crippen molar-refractivity contribution in [3.8, 4) is 0 Å². The molecular weight excluding hydrogens is 238 g/mol. The maximum absolute atomic E-state index is 11.8. The number of rotatable bonds is 5. The standard InChI is InChI=1S/C15H31N3O/c1-12(2)16-9-6-14(19)17-13-7-10-18(11-8-13)15(3,4)5/h12-13,16H,6-11H2,1-5H3,(H,17,19). The number of carbonyl (C=O) groups is 1. The first-order valence-electron chi connectivity index (χ1n) is 7.57. The molecule has 0 aliphatic carbocycles. The summed E-state index contributed by atoms with van der Waals surface area (Å²) in [5.74, 6) is 0.183. The number of hydrogen-bond acceptors (Lipinski definition) is 3. The number of amides is 1. The van der Waals surface area contributed by atoms with Gasteiger partial charge in [-0.25, -0.2) is 0 Å². The fourth-order valence-corrected chi connectivity index (χ4v) is 2.47. The zero-order valence-electron chi connectivity index (χ0n) is 13.3. The Bertz CT molecular complexity index is 276. The van der Waals surface area contributed by atoms with Crippen LogP contribution in [-0.2, 0) is 4.79 Å². The predicted molar refractivity (Wildman–Crippen MR) is 80.2 cm³/mol. The number of likely N-dealkylation sites (tertiary alicyclic amines) is 1. The molecule has 0 saturated carbocycles. The molecule has 4 heteroatoms. The molecule has 0 radical (unpaired) electrons. The van der Waals surface area contributed by atoms with Gasteiger partial charge in [0, 0.05) is 43.7 Å². The second-order valence-electron chi connectivity index (χ2n) is 6.86. The minimum atomic E-state index is 0.183. The minimum Gasteiger partial charge on any atom is -0.353 e. The zero-order chi connectivity index (χ0) is 14.5. The van der Waals surface area contributed by atoms with Crippen LogP contribution in [0.3, 0.4) is 0 Å². The summed E-state index contributed by atoms with van der Waals surface area (Å²) in [6.07, 6.45) is 2.72. The summed E-state index contributed by atoms with van der Waals surface area (Å²) in [5, 5.41) is 6.43. The van der Waals surface area contributed by atoms with E-state index in [-0.39, 0.29) is 11.4 Å². The molecule has 19 heavy (non-hydrogen) atoms. The number of hydrogen-bond donors (Lipinski definition) is 2. The van der Waals surface area contributed by atoms with Crippen molar-refractivity contribution >= 4 is 5.91 Å². The number of piperidine rings is 1. The average molecular weight is 269 g/mol. The van der Waals surface area contributed by atoms with Gasteiger partial charge in [0.1, 0.15) is 0 Å². The van der Waals surface area contributed by atoms with E-state index in [9.17, 15) is 4.79 Å². The molecule has 0 aromatic carbocycles. The molecule has 0 aromatic heterocycles. The molecule has 0 atom stereocenters. The van der Waals surface area contributed by atoms with Crippen molar-refractivity contribution in [3.63, 3.8) is 0 Å². The predicted octanol–water partition coefficient (Wildman–Crippen LogP) is 1.75. The highest BCUT2D eigenvalue weighted by Crippen LogP contribution is 2.19. The van der Waals surface area contributed by atoms with E-state index in [4.69, 9.17) is 0 Å². The van der Waals surface area contributed by atoms with E-state index in [1.165, 1.54) is 0 Å². The average Bonchev–Trinajstić information content (AvgIpc) is 2.27. The highest BCUT2D eigenvalue weighted by atomic mass is 16.1. The minimum absolute atomic E-state index is 0.183. The van der Waals surface area contributed by atoms with Crippen LogP contribution in [0.1, 0.15) is 53.9 Å². The Morgan fingerprint density at radius 2 is 1.84 bits per heavy atom. The highest BCUT2D eigenvalue weighted by Gasteiger charge is 2.27. The first kappa shape index (κ1) is 16.4. The number of carbonyl (C=O) groups excluding carboxylic acids is 1. The van der Waals surface area contributed by atoms with Gasteiger partial charge in [-0.1, -0.05) is 13.8 Å². The lowest BCUT2D eigenvalue weighted by Gasteiger charge is -2.41. The fraction of sp³-hybridized carbons (Fsp3) is 0.933. The van der Waals surface area contributed by atoms with E-state index in [1.807, 2.05) is 0 Å². The van der Waals surface area contributed by atoms with Crippen LogP contribution in [0.2, 0.25) is 0 Å². The van der Waals surface area contributed by atoms with Crippen LogP contribution in [0.5, 0.6) is 0 Å². The molecular formula is C15H31N3O. The first-order valence-corrected chi connectivity index (χ1v) is 7.57. The molecule has 1 aliphatic rings. The van der Waals surface area contributed by atoms with E-state index < -0.39 is 0 Å². The van der Waals surface area contributed by atoms with Crippen LogP contribution in [0, 0.1) is 0 Å². The molecule has 2 N–H and O–H groups in total. The summed E-state index contributed by atoms with van der Waals surface area (Å²) >= 11 is 0. The Kier molecular flexibility index (Phi) is 6.27. The lowest BCUT2D eigenvalue weighted by atomic mass is 9.98. The Morgan fingerprint density at radius 3 is 2.32 bits per heavy atom. The third kappa shape index (κ3) is 6.39. The Labute approximate surface area is 118 Å². The lowest BCUT2D eigenvalue weighted by Crippen LogP contribution is -2.51. The fourth-order valence-electron chi connectivity index (χ4n) is 2.47.